The van der Waals surface area contributed by atoms with Crippen LogP contribution in [0.5, 0.6) is 5.75 Å². The van der Waals surface area contributed by atoms with E-state index in [1.54, 1.807) is 7.11 Å². The first kappa shape index (κ1) is 11.3. The van der Waals surface area contributed by atoms with E-state index < -0.39 is 0 Å². The fraction of sp³-hybridized carbons (Fsp3) is 0.467. The SMILES string of the molecule is COc1ccc(CCC2CC=CCC2)cc1. The standard InChI is InChI=1S/C15H20O/c1-16-15-11-9-14(10-12-15)8-7-13-5-3-2-4-6-13/h2-3,9-13H,4-8H2,1H3. The third kappa shape index (κ3) is 3.13. The van der Waals surface area contributed by atoms with Crippen LogP contribution in [0.4, 0.5) is 0 Å². The predicted octanol–water partition coefficient (Wildman–Crippen LogP) is 3.98. The Balaban J connectivity index is 1.82. The minimum atomic E-state index is 0.895. The lowest BCUT2D eigenvalue weighted by molar-refractivity contribution is 0.414. The van der Waals surface area contributed by atoms with E-state index >= 15 is 0 Å². The van der Waals surface area contributed by atoms with Gasteiger partial charge in [-0.2, -0.15) is 0 Å². The lowest BCUT2D eigenvalue weighted by atomic mass is 9.89. The molecule has 0 heterocycles. The number of hydrogen-bond acceptors (Lipinski definition) is 1. The summed E-state index contributed by atoms with van der Waals surface area (Å²) in [5.41, 5.74) is 1.43. The summed E-state index contributed by atoms with van der Waals surface area (Å²) >= 11 is 0. The number of rotatable bonds is 4. The maximum Gasteiger partial charge on any atom is 0.118 e. The maximum absolute atomic E-state index is 5.15. The molecule has 1 aliphatic rings. The summed E-state index contributed by atoms with van der Waals surface area (Å²) in [5, 5.41) is 0. The summed E-state index contributed by atoms with van der Waals surface area (Å²) < 4.78 is 5.15. The van der Waals surface area contributed by atoms with E-state index in [2.05, 4.69) is 36.4 Å². The van der Waals surface area contributed by atoms with Crippen LogP contribution in [0.2, 0.25) is 0 Å². The lowest BCUT2D eigenvalue weighted by Crippen LogP contribution is -2.03. The van der Waals surface area contributed by atoms with E-state index in [-0.39, 0.29) is 0 Å². The first-order valence-electron chi connectivity index (χ1n) is 6.16. The van der Waals surface area contributed by atoms with Crippen molar-refractivity contribution < 1.29 is 4.74 Å². The molecule has 0 saturated carbocycles. The van der Waals surface area contributed by atoms with Crippen LogP contribution < -0.4 is 4.74 Å². The summed E-state index contributed by atoms with van der Waals surface area (Å²) in [5.74, 6) is 1.84. The minimum absolute atomic E-state index is 0.895. The summed E-state index contributed by atoms with van der Waals surface area (Å²) in [7, 11) is 1.71. The van der Waals surface area contributed by atoms with Gasteiger partial charge in [0.1, 0.15) is 5.75 Å². The monoisotopic (exact) mass is 216 g/mol. The van der Waals surface area contributed by atoms with E-state index in [1.807, 2.05) is 0 Å². The molecule has 0 saturated heterocycles. The van der Waals surface area contributed by atoms with Crippen molar-refractivity contribution in [1.82, 2.24) is 0 Å². The minimum Gasteiger partial charge on any atom is -0.497 e. The van der Waals surface area contributed by atoms with Gasteiger partial charge in [0, 0.05) is 0 Å². The van der Waals surface area contributed by atoms with Crippen molar-refractivity contribution >= 4 is 0 Å². The second-order valence-corrected chi connectivity index (χ2v) is 4.54. The highest BCUT2D eigenvalue weighted by Gasteiger charge is 2.09. The molecule has 0 N–H and O–H groups in total. The first-order valence-corrected chi connectivity index (χ1v) is 6.16. The van der Waals surface area contributed by atoms with Crippen LogP contribution in [0.1, 0.15) is 31.2 Å². The van der Waals surface area contributed by atoms with Crippen molar-refractivity contribution in [3.63, 3.8) is 0 Å². The van der Waals surface area contributed by atoms with Crippen molar-refractivity contribution in [2.75, 3.05) is 7.11 Å². The van der Waals surface area contributed by atoms with Gasteiger partial charge in [0.25, 0.3) is 0 Å². The van der Waals surface area contributed by atoms with E-state index in [0.29, 0.717) is 0 Å². The fourth-order valence-corrected chi connectivity index (χ4v) is 2.28. The summed E-state index contributed by atoms with van der Waals surface area (Å²) in [6.07, 6.45) is 11.1. The number of methoxy groups -OCH3 is 1. The molecule has 1 heteroatoms. The van der Waals surface area contributed by atoms with Gasteiger partial charge in [-0.05, 0) is 55.7 Å². The molecular formula is C15H20O. The van der Waals surface area contributed by atoms with Crippen LogP contribution in [0.3, 0.4) is 0 Å². The van der Waals surface area contributed by atoms with Crippen molar-refractivity contribution in [2.45, 2.75) is 32.1 Å². The number of allylic oxidation sites excluding steroid dienone is 2. The second kappa shape index (κ2) is 5.74. The Labute approximate surface area is 98.1 Å². The molecule has 0 aromatic heterocycles. The average Bonchev–Trinajstić information content (AvgIpc) is 2.38. The predicted molar refractivity (Wildman–Crippen MR) is 67.8 cm³/mol. The third-order valence-electron chi connectivity index (χ3n) is 3.38. The van der Waals surface area contributed by atoms with E-state index in [9.17, 15) is 0 Å². The molecule has 1 nitrogen and oxygen atoms in total. The molecule has 1 aromatic carbocycles. The smallest absolute Gasteiger partial charge is 0.118 e. The highest BCUT2D eigenvalue weighted by Crippen LogP contribution is 2.23. The van der Waals surface area contributed by atoms with E-state index in [0.717, 1.165) is 11.7 Å². The molecule has 0 aliphatic heterocycles. The molecule has 0 bridgehead atoms. The highest BCUT2D eigenvalue weighted by molar-refractivity contribution is 5.27. The quantitative estimate of drug-likeness (QED) is 0.692. The molecule has 0 radical (unpaired) electrons. The summed E-state index contributed by atoms with van der Waals surface area (Å²) in [4.78, 5) is 0. The Morgan fingerprint density at radius 1 is 1.19 bits per heavy atom. The first-order chi connectivity index (χ1) is 7.88. The van der Waals surface area contributed by atoms with Gasteiger partial charge in [-0.15, -0.1) is 0 Å². The molecule has 0 amide bonds. The molecule has 0 fully saturated rings. The molecule has 0 spiro atoms. The van der Waals surface area contributed by atoms with Gasteiger partial charge < -0.3 is 4.74 Å². The maximum atomic E-state index is 5.15. The number of hydrogen-bond donors (Lipinski definition) is 0. The fourth-order valence-electron chi connectivity index (χ4n) is 2.28. The van der Waals surface area contributed by atoms with Crippen molar-refractivity contribution in [3.05, 3.63) is 42.0 Å². The molecule has 2 rings (SSSR count). The van der Waals surface area contributed by atoms with Crippen LogP contribution in [0.25, 0.3) is 0 Å². The van der Waals surface area contributed by atoms with Crippen LogP contribution in [0.15, 0.2) is 36.4 Å². The largest absolute Gasteiger partial charge is 0.497 e. The summed E-state index contributed by atoms with van der Waals surface area (Å²) in [6.45, 7) is 0. The van der Waals surface area contributed by atoms with Gasteiger partial charge in [-0.3, -0.25) is 0 Å². The zero-order valence-corrected chi connectivity index (χ0v) is 9.99. The number of benzene rings is 1. The normalized spacial score (nSPS) is 19.7. The molecule has 16 heavy (non-hydrogen) atoms. The lowest BCUT2D eigenvalue weighted by Gasteiger charge is -2.17. The van der Waals surface area contributed by atoms with Gasteiger partial charge in [-0.1, -0.05) is 24.3 Å². The Kier molecular flexibility index (Phi) is 4.03. The average molecular weight is 216 g/mol. The van der Waals surface area contributed by atoms with Gasteiger partial charge in [0.15, 0.2) is 0 Å². The van der Waals surface area contributed by atoms with Crippen molar-refractivity contribution in [3.8, 4) is 5.75 Å². The molecule has 1 aromatic rings. The Morgan fingerprint density at radius 2 is 2.00 bits per heavy atom. The Hall–Kier alpha value is -1.24. The van der Waals surface area contributed by atoms with E-state index in [1.165, 1.54) is 37.7 Å². The molecule has 86 valence electrons. The molecule has 1 unspecified atom stereocenters. The number of ether oxygens (including phenoxy) is 1. The molecule has 1 atom stereocenters. The molecular weight excluding hydrogens is 196 g/mol. The van der Waals surface area contributed by atoms with Crippen LogP contribution in [0, 0.1) is 5.92 Å². The van der Waals surface area contributed by atoms with Crippen LogP contribution >= 0.6 is 0 Å². The topological polar surface area (TPSA) is 9.23 Å². The summed E-state index contributed by atoms with van der Waals surface area (Å²) in [6, 6.07) is 8.46. The van der Waals surface area contributed by atoms with Crippen molar-refractivity contribution in [1.29, 1.82) is 0 Å². The Bertz CT molecular complexity index is 337. The van der Waals surface area contributed by atoms with E-state index in [4.69, 9.17) is 4.74 Å². The zero-order valence-electron chi connectivity index (χ0n) is 9.99. The Morgan fingerprint density at radius 3 is 2.62 bits per heavy atom. The van der Waals surface area contributed by atoms with Gasteiger partial charge in [-0.25, -0.2) is 0 Å². The second-order valence-electron chi connectivity index (χ2n) is 4.54. The highest BCUT2D eigenvalue weighted by atomic mass is 16.5. The zero-order chi connectivity index (χ0) is 11.2. The number of aryl methyl sites for hydroxylation is 1. The van der Waals surface area contributed by atoms with Crippen LogP contribution in [-0.4, -0.2) is 7.11 Å². The van der Waals surface area contributed by atoms with Crippen molar-refractivity contribution in [2.24, 2.45) is 5.92 Å². The van der Waals surface area contributed by atoms with Gasteiger partial charge in [0.05, 0.1) is 7.11 Å². The third-order valence-corrected chi connectivity index (χ3v) is 3.38. The van der Waals surface area contributed by atoms with Crippen LogP contribution in [-0.2, 0) is 6.42 Å². The molecule has 1 aliphatic carbocycles. The van der Waals surface area contributed by atoms with Gasteiger partial charge >= 0.3 is 0 Å². The van der Waals surface area contributed by atoms with Gasteiger partial charge in [0.2, 0.25) is 0 Å².